The summed E-state index contributed by atoms with van der Waals surface area (Å²) in [5.41, 5.74) is 2.67. The molecule has 1 aliphatic carbocycles. The van der Waals surface area contributed by atoms with Gasteiger partial charge in [0.1, 0.15) is 11.4 Å². The Hall–Kier alpha value is -2.69. The van der Waals surface area contributed by atoms with E-state index >= 15 is 0 Å². The Kier molecular flexibility index (Phi) is 3.02. The fourth-order valence-corrected chi connectivity index (χ4v) is 3.03. The zero-order chi connectivity index (χ0) is 16.2. The van der Waals surface area contributed by atoms with E-state index in [2.05, 4.69) is 11.6 Å². The van der Waals surface area contributed by atoms with E-state index < -0.39 is 0 Å². The standard InChI is InChI=1S/C17H16N2O3/c1-5-10-7-9(3)19(4)15-13(10)16(21)12-8(2)6-11(20)18-14(12)17(15)22/h6-7H,3,5H2,1-2,4H3,(H,18,20). The number of fused-ring (bicyclic) bond motifs is 1. The topological polar surface area (TPSA) is 70.2 Å². The molecule has 0 radical (unpaired) electrons. The number of nitrogens with zero attached hydrogens (tertiary/aromatic N) is 1. The number of pyridine rings is 1. The third-order valence-electron chi connectivity index (χ3n) is 4.18. The van der Waals surface area contributed by atoms with Crippen molar-refractivity contribution < 1.29 is 9.59 Å². The van der Waals surface area contributed by atoms with E-state index in [1.807, 2.05) is 13.0 Å². The lowest BCUT2D eigenvalue weighted by atomic mass is 9.81. The van der Waals surface area contributed by atoms with Crippen molar-refractivity contribution in [1.29, 1.82) is 0 Å². The van der Waals surface area contributed by atoms with Gasteiger partial charge in [-0.15, -0.1) is 0 Å². The fraction of sp³-hybridized carbons (Fsp3) is 0.235. The van der Waals surface area contributed by atoms with Crippen LogP contribution >= 0.6 is 0 Å². The third kappa shape index (κ3) is 1.75. The average Bonchev–Trinajstić information content (AvgIpc) is 2.46. The van der Waals surface area contributed by atoms with Gasteiger partial charge in [0.05, 0.1) is 11.1 Å². The number of Topliss-reactive ketones (excluding diaryl/α,β-unsaturated/α-hetero) is 2. The van der Waals surface area contributed by atoms with Crippen LogP contribution in [-0.2, 0) is 0 Å². The van der Waals surface area contributed by atoms with Crippen LogP contribution in [0.1, 0.15) is 39.8 Å². The van der Waals surface area contributed by atoms with Gasteiger partial charge in [-0.25, -0.2) is 0 Å². The second-order valence-corrected chi connectivity index (χ2v) is 5.52. The maximum atomic E-state index is 12.9. The van der Waals surface area contributed by atoms with Gasteiger partial charge in [-0.3, -0.25) is 14.4 Å². The average molecular weight is 296 g/mol. The molecule has 22 heavy (non-hydrogen) atoms. The Morgan fingerprint density at radius 1 is 1.23 bits per heavy atom. The van der Waals surface area contributed by atoms with Crippen molar-refractivity contribution in [2.45, 2.75) is 20.3 Å². The van der Waals surface area contributed by atoms with Crippen molar-refractivity contribution in [3.8, 4) is 0 Å². The number of H-pyrrole nitrogens is 1. The Bertz CT molecular complexity index is 868. The van der Waals surface area contributed by atoms with Crippen molar-refractivity contribution in [2.24, 2.45) is 0 Å². The highest BCUT2D eigenvalue weighted by molar-refractivity contribution is 6.28. The first kappa shape index (κ1) is 14.3. The normalized spacial score (nSPS) is 17.5. The number of aryl methyl sites for hydroxylation is 1. The van der Waals surface area contributed by atoms with Gasteiger partial charge in [0.15, 0.2) is 5.78 Å². The number of likely N-dealkylation sites (N-methyl/N-ethyl adjacent to an activating group) is 1. The third-order valence-corrected chi connectivity index (χ3v) is 4.18. The number of hydrogen-bond acceptors (Lipinski definition) is 4. The molecular formula is C17H16N2O3. The van der Waals surface area contributed by atoms with Gasteiger partial charge in [-0.1, -0.05) is 13.5 Å². The molecule has 0 atom stereocenters. The molecule has 1 aliphatic heterocycles. The summed E-state index contributed by atoms with van der Waals surface area (Å²) in [5, 5.41) is 0. The summed E-state index contributed by atoms with van der Waals surface area (Å²) in [6, 6.07) is 1.34. The first-order valence-electron chi connectivity index (χ1n) is 7.08. The predicted molar refractivity (Wildman–Crippen MR) is 82.8 cm³/mol. The first-order chi connectivity index (χ1) is 10.4. The lowest BCUT2D eigenvalue weighted by Gasteiger charge is -2.33. The second-order valence-electron chi connectivity index (χ2n) is 5.52. The number of hydrogen-bond donors (Lipinski definition) is 1. The maximum Gasteiger partial charge on any atom is 0.248 e. The number of aromatic nitrogens is 1. The van der Waals surface area contributed by atoms with Crippen LogP contribution in [0.2, 0.25) is 0 Å². The van der Waals surface area contributed by atoms with Crippen LogP contribution < -0.4 is 5.56 Å². The molecule has 112 valence electrons. The van der Waals surface area contributed by atoms with Gasteiger partial charge >= 0.3 is 0 Å². The summed E-state index contributed by atoms with van der Waals surface area (Å²) in [4.78, 5) is 41.5. The molecule has 2 heterocycles. The number of ketones is 2. The van der Waals surface area contributed by atoms with Gasteiger partial charge in [-0.2, -0.15) is 0 Å². The zero-order valence-corrected chi connectivity index (χ0v) is 12.7. The van der Waals surface area contributed by atoms with Crippen molar-refractivity contribution >= 4 is 11.6 Å². The van der Waals surface area contributed by atoms with E-state index in [1.54, 1.807) is 18.9 Å². The summed E-state index contributed by atoms with van der Waals surface area (Å²) >= 11 is 0. The van der Waals surface area contributed by atoms with Crippen LogP contribution in [0, 0.1) is 6.92 Å². The van der Waals surface area contributed by atoms with Gasteiger partial charge in [0.2, 0.25) is 11.3 Å². The molecule has 0 bridgehead atoms. The number of allylic oxidation sites excluding steroid dienone is 4. The van der Waals surface area contributed by atoms with E-state index in [9.17, 15) is 14.4 Å². The number of carbonyl (C=O) groups excluding carboxylic acids is 2. The van der Waals surface area contributed by atoms with Crippen molar-refractivity contribution in [3.05, 3.63) is 68.4 Å². The minimum Gasteiger partial charge on any atom is -0.341 e. The molecule has 0 aromatic carbocycles. The molecule has 1 aromatic rings. The smallest absolute Gasteiger partial charge is 0.248 e. The van der Waals surface area contributed by atoms with Gasteiger partial charge in [0.25, 0.3) is 0 Å². The van der Waals surface area contributed by atoms with Gasteiger partial charge in [-0.05, 0) is 30.6 Å². The highest BCUT2D eigenvalue weighted by Crippen LogP contribution is 2.37. The van der Waals surface area contributed by atoms with Crippen molar-refractivity contribution in [3.63, 3.8) is 0 Å². The van der Waals surface area contributed by atoms with E-state index in [0.29, 0.717) is 34.5 Å². The highest BCUT2D eigenvalue weighted by Gasteiger charge is 2.39. The van der Waals surface area contributed by atoms with Crippen LogP contribution in [-0.4, -0.2) is 28.5 Å². The number of rotatable bonds is 1. The van der Waals surface area contributed by atoms with E-state index in [0.717, 1.165) is 5.57 Å². The van der Waals surface area contributed by atoms with Crippen LogP contribution in [0.15, 0.2) is 46.1 Å². The minimum absolute atomic E-state index is 0.0748. The van der Waals surface area contributed by atoms with E-state index in [4.69, 9.17) is 0 Å². The quantitative estimate of drug-likeness (QED) is 0.861. The molecule has 0 unspecified atom stereocenters. The SMILES string of the molecule is C=C1C=C(CC)C2=C(C(=O)c3[nH]c(=O)cc(C)c3C2=O)N1C. The molecule has 0 saturated heterocycles. The number of carbonyl (C=O) groups is 2. The van der Waals surface area contributed by atoms with E-state index in [1.165, 1.54) is 6.07 Å². The first-order valence-corrected chi connectivity index (χ1v) is 7.08. The lowest BCUT2D eigenvalue weighted by molar-refractivity contribution is 0.0949. The Morgan fingerprint density at radius 2 is 1.91 bits per heavy atom. The molecule has 0 spiro atoms. The van der Waals surface area contributed by atoms with Crippen LogP contribution in [0.25, 0.3) is 0 Å². The molecule has 0 fully saturated rings. The highest BCUT2D eigenvalue weighted by atomic mass is 16.1. The Labute approximate surface area is 127 Å². The molecule has 1 N–H and O–H groups in total. The van der Waals surface area contributed by atoms with Gasteiger partial charge < -0.3 is 9.88 Å². The summed E-state index contributed by atoms with van der Waals surface area (Å²) in [7, 11) is 1.70. The molecule has 5 heteroatoms. The fourth-order valence-electron chi connectivity index (χ4n) is 3.03. The summed E-state index contributed by atoms with van der Waals surface area (Å²) in [6.07, 6.45) is 2.46. The second kappa shape index (κ2) is 4.66. The molecular weight excluding hydrogens is 280 g/mol. The molecule has 5 nitrogen and oxygen atoms in total. The Morgan fingerprint density at radius 3 is 2.55 bits per heavy atom. The molecule has 3 rings (SSSR count). The van der Waals surface area contributed by atoms with Crippen LogP contribution in [0.5, 0.6) is 0 Å². The van der Waals surface area contributed by atoms with Crippen LogP contribution in [0.3, 0.4) is 0 Å². The Balaban J connectivity index is 2.36. The monoisotopic (exact) mass is 296 g/mol. The molecule has 2 aliphatic rings. The van der Waals surface area contributed by atoms with Gasteiger partial charge in [0, 0.05) is 18.8 Å². The molecule has 0 saturated carbocycles. The zero-order valence-electron chi connectivity index (χ0n) is 12.7. The number of aromatic amines is 1. The van der Waals surface area contributed by atoms with E-state index in [-0.39, 0.29) is 22.8 Å². The largest absolute Gasteiger partial charge is 0.341 e. The molecule has 0 amide bonds. The number of nitrogens with one attached hydrogen (secondary N) is 1. The van der Waals surface area contributed by atoms with Crippen molar-refractivity contribution in [1.82, 2.24) is 9.88 Å². The molecule has 1 aromatic heterocycles. The summed E-state index contributed by atoms with van der Waals surface area (Å²) in [6.45, 7) is 7.52. The van der Waals surface area contributed by atoms with Crippen LogP contribution in [0.4, 0.5) is 0 Å². The summed E-state index contributed by atoms with van der Waals surface area (Å²) < 4.78 is 0. The minimum atomic E-state index is -0.384. The maximum absolute atomic E-state index is 12.9. The predicted octanol–water partition coefficient (Wildman–Crippen LogP) is 2.11. The van der Waals surface area contributed by atoms with Crippen molar-refractivity contribution in [2.75, 3.05) is 7.05 Å². The summed E-state index contributed by atoms with van der Waals surface area (Å²) in [5.74, 6) is -0.557. The lowest BCUT2D eigenvalue weighted by Crippen LogP contribution is -2.36.